The number of hydrogen-bond donors (Lipinski definition) is 3. The smallest absolute Gasteiger partial charge is 0.338 e. The summed E-state index contributed by atoms with van der Waals surface area (Å²) in [7, 11) is 0. The van der Waals surface area contributed by atoms with Gasteiger partial charge in [0.1, 0.15) is 11.9 Å². The molecule has 0 aliphatic carbocycles. The maximum Gasteiger partial charge on any atom is 0.338 e. The van der Waals surface area contributed by atoms with Crippen molar-refractivity contribution in [2.45, 2.75) is 18.6 Å². The highest BCUT2D eigenvalue weighted by atomic mass is 19.1. The molecule has 0 saturated heterocycles. The van der Waals surface area contributed by atoms with Gasteiger partial charge in [-0.25, -0.2) is 9.18 Å². The Hall–Kier alpha value is -1.46. The van der Waals surface area contributed by atoms with Crippen molar-refractivity contribution in [3.05, 3.63) is 35.6 Å². The third-order valence-corrected chi connectivity index (χ3v) is 2.17. The van der Waals surface area contributed by atoms with Crippen molar-refractivity contribution in [3.8, 4) is 0 Å². The van der Waals surface area contributed by atoms with Crippen LogP contribution in [0.1, 0.15) is 18.6 Å². The van der Waals surface area contributed by atoms with Gasteiger partial charge in [0.05, 0.1) is 0 Å². The Morgan fingerprint density at radius 3 is 2.47 bits per heavy atom. The predicted molar refractivity (Wildman–Crippen MR) is 49.6 cm³/mol. The Morgan fingerprint density at radius 1 is 1.47 bits per heavy atom. The van der Waals surface area contributed by atoms with Crippen molar-refractivity contribution < 1.29 is 24.5 Å². The van der Waals surface area contributed by atoms with Crippen LogP contribution in [0.2, 0.25) is 0 Å². The lowest BCUT2D eigenvalue weighted by molar-refractivity contribution is -0.169. The summed E-state index contributed by atoms with van der Waals surface area (Å²) < 4.78 is 13.2. The van der Waals surface area contributed by atoms with Gasteiger partial charge < -0.3 is 15.3 Å². The van der Waals surface area contributed by atoms with Crippen LogP contribution in [0.4, 0.5) is 4.39 Å². The molecule has 3 N–H and O–H groups in total. The van der Waals surface area contributed by atoms with Crippen LogP contribution in [0.3, 0.4) is 0 Å². The largest absolute Gasteiger partial charge is 0.479 e. The molecule has 2 atom stereocenters. The van der Waals surface area contributed by atoms with Gasteiger partial charge in [0.25, 0.3) is 0 Å². The molecule has 0 saturated carbocycles. The predicted octanol–water partition coefficient (Wildman–Crippen LogP) is 0.695. The van der Waals surface area contributed by atoms with E-state index < -0.39 is 23.5 Å². The van der Waals surface area contributed by atoms with Crippen LogP contribution in [0.5, 0.6) is 0 Å². The minimum Gasteiger partial charge on any atom is -0.479 e. The standard InChI is InChI=1S/C10H11FO4/c1-10(15,9(13)14)8(12)6-4-2-3-5-7(6)11/h2-5,8,12,15H,1H3,(H,13,14)/t8-,10?/m0/s1. The summed E-state index contributed by atoms with van der Waals surface area (Å²) in [5.74, 6) is -2.37. The van der Waals surface area contributed by atoms with Gasteiger partial charge >= 0.3 is 5.97 Å². The summed E-state index contributed by atoms with van der Waals surface area (Å²) in [5.41, 5.74) is -2.66. The summed E-state index contributed by atoms with van der Waals surface area (Å²) in [6, 6.07) is 5.15. The number of hydrogen-bond acceptors (Lipinski definition) is 3. The third kappa shape index (κ3) is 2.14. The molecule has 1 unspecified atom stereocenters. The number of carbonyl (C=O) groups is 1. The van der Waals surface area contributed by atoms with Crippen LogP contribution in [0, 0.1) is 5.82 Å². The Balaban J connectivity index is 3.10. The fraction of sp³-hybridized carbons (Fsp3) is 0.300. The van der Waals surface area contributed by atoms with Crippen molar-refractivity contribution in [1.82, 2.24) is 0 Å². The zero-order chi connectivity index (χ0) is 11.6. The van der Waals surface area contributed by atoms with Crippen LogP contribution in [-0.4, -0.2) is 26.9 Å². The lowest BCUT2D eigenvalue weighted by Gasteiger charge is -2.24. The molecule has 0 aliphatic rings. The number of carboxylic acids is 1. The average molecular weight is 214 g/mol. The lowest BCUT2D eigenvalue weighted by atomic mass is 9.93. The molecule has 4 nitrogen and oxygen atoms in total. The van der Waals surface area contributed by atoms with Gasteiger partial charge in [0.15, 0.2) is 5.60 Å². The summed E-state index contributed by atoms with van der Waals surface area (Å²) >= 11 is 0. The van der Waals surface area contributed by atoms with Gasteiger partial charge in [-0.2, -0.15) is 0 Å². The molecule has 0 amide bonds. The minimum absolute atomic E-state index is 0.245. The zero-order valence-corrected chi connectivity index (χ0v) is 8.01. The van der Waals surface area contributed by atoms with Gasteiger partial charge in [-0.05, 0) is 13.0 Å². The maximum absolute atomic E-state index is 13.2. The van der Waals surface area contributed by atoms with E-state index in [1.54, 1.807) is 0 Å². The van der Waals surface area contributed by atoms with Crippen LogP contribution >= 0.6 is 0 Å². The monoisotopic (exact) mass is 214 g/mol. The molecule has 0 radical (unpaired) electrons. The molecule has 15 heavy (non-hydrogen) atoms. The van der Waals surface area contributed by atoms with Gasteiger partial charge in [-0.3, -0.25) is 0 Å². The molecule has 1 aromatic carbocycles. The van der Waals surface area contributed by atoms with E-state index in [1.807, 2.05) is 0 Å². The average Bonchev–Trinajstić information content (AvgIpc) is 2.17. The second-order valence-corrected chi connectivity index (χ2v) is 3.38. The van der Waals surface area contributed by atoms with Crippen LogP contribution in [-0.2, 0) is 4.79 Å². The van der Waals surface area contributed by atoms with Crippen molar-refractivity contribution in [2.75, 3.05) is 0 Å². The van der Waals surface area contributed by atoms with Crippen LogP contribution in [0.15, 0.2) is 24.3 Å². The number of aliphatic hydroxyl groups is 2. The van der Waals surface area contributed by atoms with Gasteiger partial charge in [0.2, 0.25) is 0 Å². The maximum atomic E-state index is 13.2. The number of benzene rings is 1. The van der Waals surface area contributed by atoms with E-state index >= 15 is 0 Å². The van der Waals surface area contributed by atoms with E-state index in [1.165, 1.54) is 18.2 Å². The number of carboxylic acid groups (broad SMARTS) is 1. The Kier molecular flexibility index (Phi) is 3.06. The lowest BCUT2D eigenvalue weighted by Crippen LogP contribution is -2.41. The van der Waals surface area contributed by atoms with E-state index in [4.69, 9.17) is 5.11 Å². The quantitative estimate of drug-likeness (QED) is 0.692. The number of rotatable bonds is 3. The SMILES string of the molecule is CC(O)(C(=O)O)[C@@H](O)c1ccccc1F. The second-order valence-electron chi connectivity index (χ2n) is 3.38. The molecule has 0 bridgehead atoms. The molecule has 0 heterocycles. The molecule has 1 aromatic rings. The van der Waals surface area contributed by atoms with E-state index in [0.717, 1.165) is 13.0 Å². The molecule has 0 aliphatic heterocycles. The van der Waals surface area contributed by atoms with Crippen molar-refractivity contribution in [1.29, 1.82) is 0 Å². The Bertz CT molecular complexity index is 375. The zero-order valence-electron chi connectivity index (χ0n) is 8.01. The van der Waals surface area contributed by atoms with Crippen molar-refractivity contribution >= 4 is 5.97 Å². The number of aliphatic hydroxyl groups excluding tert-OH is 1. The highest BCUT2D eigenvalue weighted by molar-refractivity contribution is 5.77. The highest BCUT2D eigenvalue weighted by Gasteiger charge is 2.40. The summed E-state index contributed by atoms with van der Waals surface area (Å²) in [6.45, 7) is 0.909. The first-order valence-electron chi connectivity index (χ1n) is 4.25. The van der Waals surface area contributed by atoms with Gasteiger partial charge in [0, 0.05) is 5.56 Å². The van der Waals surface area contributed by atoms with E-state index in [0.29, 0.717) is 0 Å². The second kappa shape index (κ2) is 3.96. The summed E-state index contributed by atoms with van der Waals surface area (Å²) in [4.78, 5) is 10.6. The molecule has 0 fully saturated rings. The van der Waals surface area contributed by atoms with Gasteiger partial charge in [-0.15, -0.1) is 0 Å². The van der Waals surface area contributed by atoms with Crippen LogP contribution < -0.4 is 0 Å². The fourth-order valence-corrected chi connectivity index (χ4v) is 1.12. The summed E-state index contributed by atoms with van der Waals surface area (Å²) in [6.07, 6.45) is -1.81. The Morgan fingerprint density at radius 2 is 2.00 bits per heavy atom. The first-order chi connectivity index (χ1) is 6.87. The normalized spacial score (nSPS) is 16.8. The molecule has 82 valence electrons. The number of aliphatic carboxylic acids is 1. The minimum atomic E-state index is -2.41. The molecule has 1 rings (SSSR count). The van der Waals surface area contributed by atoms with Crippen molar-refractivity contribution in [3.63, 3.8) is 0 Å². The third-order valence-electron chi connectivity index (χ3n) is 2.17. The first-order valence-corrected chi connectivity index (χ1v) is 4.25. The van der Waals surface area contributed by atoms with Crippen molar-refractivity contribution in [2.24, 2.45) is 0 Å². The molecular formula is C10H11FO4. The molecule has 5 heteroatoms. The van der Waals surface area contributed by atoms with Gasteiger partial charge in [-0.1, -0.05) is 18.2 Å². The topological polar surface area (TPSA) is 77.8 Å². The molecular weight excluding hydrogens is 203 g/mol. The fourth-order valence-electron chi connectivity index (χ4n) is 1.12. The molecule has 0 spiro atoms. The summed E-state index contributed by atoms with van der Waals surface area (Å²) in [5, 5.41) is 27.6. The highest BCUT2D eigenvalue weighted by Crippen LogP contribution is 2.27. The number of halogens is 1. The first kappa shape index (κ1) is 11.6. The van der Waals surface area contributed by atoms with E-state index in [9.17, 15) is 19.4 Å². The van der Waals surface area contributed by atoms with E-state index in [2.05, 4.69) is 0 Å². The molecule has 0 aromatic heterocycles. The van der Waals surface area contributed by atoms with Crippen LogP contribution in [0.25, 0.3) is 0 Å². The van der Waals surface area contributed by atoms with E-state index in [-0.39, 0.29) is 5.56 Å². The Labute approximate surface area is 85.6 Å².